The van der Waals surface area contributed by atoms with Crippen LogP contribution in [0.4, 0.5) is 0 Å². The summed E-state index contributed by atoms with van der Waals surface area (Å²) in [5, 5.41) is 5.13. The smallest absolute Gasteiger partial charge is 0.266 e. The average molecular weight is 301 g/mol. The number of hydrogen-bond acceptors (Lipinski definition) is 3. The second-order valence-electron chi connectivity index (χ2n) is 4.71. The van der Waals surface area contributed by atoms with Crippen molar-refractivity contribution >= 4 is 15.9 Å². The number of nitrogens with zero attached hydrogens (tertiary/aromatic N) is 2. The Hall–Kier alpha value is -0.840. The van der Waals surface area contributed by atoms with Crippen molar-refractivity contribution in [3.8, 4) is 5.88 Å². The lowest BCUT2D eigenvalue weighted by Gasteiger charge is -2.26. The Morgan fingerprint density at radius 2 is 2.18 bits per heavy atom. The molecule has 1 heterocycles. The highest BCUT2D eigenvalue weighted by Gasteiger charge is 2.33. The molecular formula is C12H17BrN2O2. The molecule has 0 saturated heterocycles. The van der Waals surface area contributed by atoms with Crippen molar-refractivity contribution in [2.75, 3.05) is 12.4 Å². The number of rotatable bonds is 4. The number of ether oxygens (including phenoxy) is 1. The third-order valence-corrected chi connectivity index (χ3v) is 4.67. The molecule has 1 aliphatic carbocycles. The maximum atomic E-state index is 11.8. The van der Waals surface area contributed by atoms with E-state index in [1.807, 2.05) is 0 Å². The molecule has 0 amide bonds. The van der Waals surface area contributed by atoms with Gasteiger partial charge in [-0.1, -0.05) is 28.8 Å². The van der Waals surface area contributed by atoms with Gasteiger partial charge in [0.25, 0.3) is 5.56 Å². The number of hydrogen-bond donors (Lipinski definition) is 0. The van der Waals surface area contributed by atoms with Crippen LogP contribution in [0.2, 0.25) is 0 Å². The molecule has 0 spiro atoms. The molecule has 0 N–H and O–H groups in total. The molecule has 0 unspecified atom stereocenters. The fraction of sp³-hybridized carbons (Fsp3) is 0.667. The molecule has 1 aromatic heterocycles. The zero-order valence-corrected chi connectivity index (χ0v) is 11.6. The van der Waals surface area contributed by atoms with Crippen LogP contribution < -0.4 is 10.3 Å². The van der Waals surface area contributed by atoms with Gasteiger partial charge < -0.3 is 4.74 Å². The zero-order valence-electron chi connectivity index (χ0n) is 9.99. The van der Waals surface area contributed by atoms with Crippen LogP contribution in [-0.2, 0) is 6.54 Å². The molecule has 17 heavy (non-hydrogen) atoms. The van der Waals surface area contributed by atoms with Gasteiger partial charge in [0.15, 0.2) is 0 Å². The maximum Gasteiger partial charge on any atom is 0.266 e. The summed E-state index contributed by atoms with van der Waals surface area (Å²) >= 11 is 3.58. The minimum Gasteiger partial charge on any atom is -0.480 e. The fourth-order valence-corrected chi connectivity index (χ4v) is 3.17. The first-order chi connectivity index (χ1) is 8.19. The minimum atomic E-state index is -0.0574. The van der Waals surface area contributed by atoms with Crippen LogP contribution in [0.25, 0.3) is 0 Å². The van der Waals surface area contributed by atoms with Crippen LogP contribution in [0.15, 0.2) is 16.9 Å². The lowest BCUT2D eigenvalue weighted by molar-refractivity contribution is 0.263. The van der Waals surface area contributed by atoms with Crippen molar-refractivity contribution in [3.63, 3.8) is 0 Å². The monoisotopic (exact) mass is 300 g/mol. The van der Waals surface area contributed by atoms with Crippen molar-refractivity contribution < 1.29 is 4.74 Å². The number of aromatic nitrogens is 2. The van der Waals surface area contributed by atoms with E-state index in [1.54, 1.807) is 13.2 Å². The Labute approximate surface area is 109 Å². The molecule has 1 aliphatic rings. The van der Waals surface area contributed by atoms with E-state index < -0.39 is 0 Å². The van der Waals surface area contributed by atoms with Crippen LogP contribution >= 0.6 is 15.9 Å². The quantitative estimate of drug-likeness (QED) is 0.801. The Kier molecular flexibility index (Phi) is 3.86. The molecule has 1 aromatic rings. The van der Waals surface area contributed by atoms with E-state index in [1.165, 1.54) is 23.6 Å². The summed E-state index contributed by atoms with van der Waals surface area (Å²) in [6.45, 7) is 0.675. The summed E-state index contributed by atoms with van der Waals surface area (Å²) in [4.78, 5) is 11.8. The summed E-state index contributed by atoms with van der Waals surface area (Å²) < 4.78 is 6.59. The topological polar surface area (TPSA) is 44.1 Å². The molecule has 2 rings (SSSR count). The van der Waals surface area contributed by atoms with Crippen molar-refractivity contribution in [3.05, 3.63) is 22.5 Å². The van der Waals surface area contributed by atoms with E-state index in [2.05, 4.69) is 21.0 Å². The van der Waals surface area contributed by atoms with Crippen LogP contribution in [0.1, 0.15) is 25.7 Å². The fourth-order valence-electron chi connectivity index (χ4n) is 2.43. The van der Waals surface area contributed by atoms with Gasteiger partial charge in [-0.3, -0.25) is 4.79 Å². The van der Waals surface area contributed by atoms with Gasteiger partial charge in [0.2, 0.25) is 5.88 Å². The van der Waals surface area contributed by atoms with E-state index in [0.29, 0.717) is 12.4 Å². The minimum absolute atomic E-state index is 0.0574. The highest BCUT2D eigenvalue weighted by Crippen LogP contribution is 2.40. The normalized spacial score (nSPS) is 18.2. The van der Waals surface area contributed by atoms with Gasteiger partial charge in [0.05, 0.1) is 13.7 Å². The standard InChI is InChI=1S/C12H17BrN2O2/c1-17-10-4-5-11(16)15(14-10)9-12(8-13)6-2-3-7-12/h4-5H,2-3,6-9H2,1H3. The van der Waals surface area contributed by atoms with Gasteiger partial charge >= 0.3 is 0 Å². The third kappa shape index (κ3) is 2.70. The second kappa shape index (κ2) is 5.21. The number of halogens is 1. The van der Waals surface area contributed by atoms with Crippen LogP contribution in [0.5, 0.6) is 5.88 Å². The Morgan fingerprint density at radius 1 is 1.47 bits per heavy atom. The van der Waals surface area contributed by atoms with Gasteiger partial charge in [0.1, 0.15) is 0 Å². The van der Waals surface area contributed by atoms with Crippen molar-refractivity contribution in [2.45, 2.75) is 32.2 Å². The van der Waals surface area contributed by atoms with E-state index in [4.69, 9.17) is 4.74 Å². The maximum absolute atomic E-state index is 11.8. The Bertz CT molecular complexity index is 438. The molecular weight excluding hydrogens is 284 g/mol. The SMILES string of the molecule is COc1ccc(=O)n(CC2(CBr)CCCC2)n1. The predicted molar refractivity (Wildman–Crippen MR) is 69.7 cm³/mol. The van der Waals surface area contributed by atoms with Gasteiger partial charge in [-0.15, -0.1) is 5.10 Å². The molecule has 4 nitrogen and oxygen atoms in total. The lowest BCUT2D eigenvalue weighted by atomic mass is 9.89. The molecule has 1 fully saturated rings. The molecule has 0 atom stereocenters. The van der Waals surface area contributed by atoms with Gasteiger partial charge in [-0.2, -0.15) is 0 Å². The molecule has 0 aromatic carbocycles. The Morgan fingerprint density at radius 3 is 2.76 bits per heavy atom. The summed E-state index contributed by atoms with van der Waals surface area (Å²) in [5.74, 6) is 0.493. The van der Waals surface area contributed by atoms with Crippen molar-refractivity contribution in [2.24, 2.45) is 5.41 Å². The molecule has 0 aliphatic heterocycles. The van der Waals surface area contributed by atoms with E-state index >= 15 is 0 Å². The molecule has 94 valence electrons. The van der Waals surface area contributed by atoms with Crippen molar-refractivity contribution in [1.82, 2.24) is 9.78 Å². The van der Waals surface area contributed by atoms with Gasteiger partial charge in [-0.25, -0.2) is 4.68 Å². The van der Waals surface area contributed by atoms with E-state index in [9.17, 15) is 4.79 Å². The number of methoxy groups -OCH3 is 1. The Balaban J connectivity index is 2.25. The summed E-state index contributed by atoms with van der Waals surface area (Å²) in [6, 6.07) is 3.12. The highest BCUT2D eigenvalue weighted by molar-refractivity contribution is 9.09. The first-order valence-corrected chi connectivity index (χ1v) is 6.99. The predicted octanol–water partition coefficient (Wildman–Crippen LogP) is 2.21. The lowest BCUT2D eigenvalue weighted by Crippen LogP contribution is -2.33. The van der Waals surface area contributed by atoms with E-state index in [0.717, 1.165) is 18.2 Å². The first kappa shape index (κ1) is 12.6. The number of alkyl halides is 1. The summed E-state index contributed by atoms with van der Waals surface area (Å²) in [6.07, 6.45) is 4.79. The van der Waals surface area contributed by atoms with Gasteiger partial charge in [0, 0.05) is 17.5 Å². The molecule has 5 heteroatoms. The average Bonchev–Trinajstić information content (AvgIpc) is 2.81. The molecule has 0 radical (unpaired) electrons. The van der Waals surface area contributed by atoms with Crippen LogP contribution in [-0.4, -0.2) is 22.2 Å². The highest BCUT2D eigenvalue weighted by atomic mass is 79.9. The molecule has 1 saturated carbocycles. The van der Waals surface area contributed by atoms with Gasteiger partial charge in [-0.05, 0) is 18.3 Å². The van der Waals surface area contributed by atoms with Crippen LogP contribution in [0, 0.1) is 5.41 Å². The zero-order chi connectivity index (χ0) is 12.3. The third-order valence-electron chi connectivity index (χ3n) is 3.48. The molecule has 0 bridgehead atoms. The van der Waals surface area contributed by atoms with E-state index in [-0.39, 0.29) is 11.0 Å². The van der Waals surface area contributed by atoms with Crippen molar-refractivity contribution in [1.29, 1.82) is 0 Å². The van der Waals surface area contributed by atoms with Crippen LogP contribution in [0.3, 0.4) is 0 Å². The second-order valence-corrected chi connectivity index (χ2v) is 5.27. The first-order valence-electron chi connectivity index (χ1n) is 5.87. The summed E-state index contributed by atoms with van der Waals surface area (Å²) in [5.41, 5.74) is 0.126. The largest absolute Gasteiger partial charge is 0.480 e. The summed E-state index contributed by atoms with van der Waals surface area (Å²) in [7, 11) is 1.56.